The Kier molecular flexibility index (Phi) is 10.4. The lowest BCUT2D eigenvalue weighted by Crippen LogP contribution is -2.25. The number of carbonyl (C=O) groups is 1. The van der Waals surface area contributed by atoms with Gasteiger partial charge in [-0.25, -0.2) is 4.39 Å². The molecule has 0 bridgehead atoms. The summed E-state index contributed by atoms with van der Waals surface area (Å²) < 4.78 is 94.5. The van der Waals surface area contributed by atoms with Crippen molar-refractivity contribution in [1.29, 1.82) is 0 Å². The number of nitrogens with one attached hydrogen (secondary N) is 1. The molecule has 0 aliphatic rings. The van der Waals surface area contributed by atoms with E-state index in [1.807, 2.05) is 13.8 Å². The third kappa shape index (κ3) is 8.33. The summed E-state index contributed by atoms with van der Waals surface area (Å²) in [4.78, 5) is 12.6. The van der Waals surface area contributed by atoms with E-state index >= 15 is 0 Å². The van der Waals surface area contributed by atoms with Crippen molar-refractivity contribution >= 4 is 12.0 Å². The fourth-order valence-corrected chi connectivity index (χ4v) is 4.05. The molecule has 1 amide bonds. The summed E-state index contributed by atoms with van der Waals surface area (Å²) in [5.74, 6) is -1.70. The number of benzene rings is 2. The fraction of sp³-hybridized carbons (Fsp3) is 0.464. The van der Waals surface area contributed by atoms with E-state index in [-0.39, 0.29) is 5.56 Å². The number of alkyl halides is 6. The second-order valence-electron chi connectivity index (χ2n) is 9.15. The van der Waals surface area contributed by atoms with E-state index in [1.165, 1.54) is 13.0 Å². The summed E-state index contributed by atoms with van der Waals surface area (Å²) in [6, 6.07) is 3.02. The molecule has 2 nitrogen and oxygen atoms in total. The molecule has 0 saturated carbocycles. The maximum atomic E-state index is 14.1. The smallest absolute Gasteiger partial charge is 0.346 e. The van der Waals surface area contributed by atoms with Crippen LogP contribution in [-0.2, 0) is 30.0 Å². The van der Waals surface area contributed by atoms with Gasteiger partial charge in [0, 0.05) is 6.08 Å². The Bertz CT molecular complexity index is 1090. The molecular formula is C28H32F7NO. The van der Waals surface area contributed by atoms with Gasteiger partial charge < -0.3 is 5.32 Å². The third-order valence-electron chi connectivity index (χ3n) is 6.21. The minimum atomic E-state index is -4.75. The maximum Gasteiger partial charge on any atom is 0.416 e. The average Bonchev–Trinajstić information content (AvgIpc) is 2.80. The molecule has 0 radical (unpaired) electrons. The molecule has 0 aliphatic carbocycles. The van der Waals surface area contributed by atoms with Gasteiger partial charge in [0.1, 0.15) is 5.82 Å². The zero-order valence-electron chi connectivity index (χ0n) is 21.3. The predicted molar refractivity (Wildman–Crippen MR) is 130 cm³/mol. The van der Waals surface area contributed by atoms with Crippen molar-refractivity contribution in [3.05, 3.63) is 75.1 Å². The highest BCUT2D eigenvalue weighted by atomic mass is 19.4. The molecule has 204 valence electrons. The van der Waals surface area contributed by atoms with Crippen LogP contribution in [0.25, 0.3) is 6.08 Å². The monoisotopic (exact) mass is 531 g/mol. The first-order valence-electron chi connectivity index (χ1n) is 12.3. The minimum absolute atomic E-state index is 0.0565. The van der Waals surface area contributed by atoms with E-state index in [0.29, 0.717) is 42.4 Å². The zero-order valence-corrected chi connectivity index (χ0v) is 21.3. The Morgan fingerprint density at radius 1 is 0.919 bits per heavy atom. The van der Waals surface area contributed by atoms with E-state index in [0.717, 1.165) is 50.1 Å². The summed E-state index contributed by atoms with van der Waals surface area (Å²) in [6.07, 6.45) is -2.97. The third-order valence-corrected chi connectivity index (χ3v) is 6.21. The van der Waals surface area contributed by atoms with Gasteiger partial charge in [-0.2, -0.15) is 26.3 Å². The van der Waals surface area contributed by atoms with Crippen LogP contribution in [0.3, 0.4) is 0 Å². The molecule has 9 heteroatoms. The highest BCUT2D eigenvalue weighted by Gasteiger charge is 2.34. The Labute approximate surface area is 213 Å². The molecule has 0 aliphatic heterocycles. The van der Waals surface area contributed by atoms with E-state index in [1.54, 1.807) is 0 Å². The van der Waals surface area contributed by atoms with Crippen LogP contribution >= 0.6 is 0 Å². The van der Waals surface area contributed by atoms with Gasteiger partial charge in [0.15, 0.2) is 0 Å². The first-order valence-corrected chi connectivity index (χ1v) is 12.3. The van der Waals surface area contributed by atoms with Gasteiger partial charge in [-0.15, -0.1) is 0 Å². The van der Waals surface area contributed by atoms with Crippen LogP contribution in [0.15, 0.2) is 30.3 Å². The Hall–Kier alpha value is -2.84. The Morgan fingerprint density at radius 2 is 1.46 bits per heavy atom. The SMILES string of the molecule is CCCCc1cc(C(F)(F)F)cc(CCCC)c1/C=C/C(=O)N[C@H](C)c1cc(F)c(C)c(C(F)(F)F)c1. The van der Waals surface area contributed by atoms with Gasteiger partial charge in [-0.3, -0.25) is 4.79 Å². The van der Waals surface area contributed by atoms with E-state index in [4.69, 9.17) is 0 Å². The van der Waals surface area contributed by atoms with Gasteiger partial charge in [-0.1, -0.05) is 26.7 Å². The predicted octanol–water partition coefficient (Wildman–Crippen LogP) is 8.75. The zero-order chi connectivity index (χ0) is 28.0. The molecule has 0 spiro atoms. The van der Waals surface area contributed by atoms with Crippen LogP contribution in [0.1, 0.15) is 91.4 Å². The lowest BCUT2D eigenvalue weighted by molar-refractivity contribution is -0.138. The van der Waals surface area contributed by atoms with Gasteiger partial charge in [0.05, 0.1) is 17.2 Å². The van der Waals surface area contributed by atoms with E-state index in [2.05, 4.69) is 5.32 Å². The number of amides is 1. The van der Waals surface area contributed by atoms with Crippen LogP contribution < -0.4 is 5.32 Å². The molecule has 0 saturated heterocycles. The summed E-state index contributed by atoms with van der Waals surface area (Å²) in [6.45, 7) is 6.31. The quantitative estimate of drug-likeness (QED) is 0.241. The maximum absolute atomic E-state index is 14.1. The molecule has 1 atom stereocenters. The number of aryl methyl sites for hydroxylation is 2. The molecule has 0 fully saturated rings. The van der Waals surface area contributed by atoms with Crippen molar-refractivity contribution in [3.63, 3.8) is 0 Å². The second-order valence-corrected chi connectivity index (χ2v) is 9.15. The summed E-state index contributed by atoms with van der Waals surface area (Å²) >= 11 is 0. The van der Waals surface area contributed by atoms with Crippen molar-refractivity contribution in [2.24, 2.45) is 0 Å². The highest BCUT2D eigenvalue weighted by Crippen LogP contribution is 2.35. The van der Waals surface area contributed by atoms with Crippen LogP contribution in [0, 0.1) is 12.7 Å². The number of carbonyl (C=O) groups excluding carboxylic acids is 1. The lowest BCUT2D eigenvalue weighted by atomic mass is 9.91. The largest absolute Gasteiger partial charge is 0.416 e. The number of rotatable bonds is 10. The highest BCUT2D eigenvalue weighted by molar-refractivity contribution is 5.92. The topological polar surface area (TPSA) is 29.1 Å². The first kappa shape index (κ1) is 30.4. The van der Waals surface area contributed by atoms with Gasteiger partial charge in [0.2, 0.25) is 5.91 Å². The fourth-order valence-electron chi connectivity index (χ4n) is 4.05. The van der Waals surface area contributed by atoms with Crippen molar-refractivity contribution in [2.75, 3.05) is 0 Å². The molecule has 0 unspecified atom stereocenters. The number of hydrogen-bond donors (Lipinski definition) is 1. The normalized spacial score (nSPS) is 13.3. The lowest BCUT2D eigenvalue weighted by Gasteiger charge is -2.18. The van der Waals surface area contributed by atoms with Crippen molar-refractivity contribution in [3.8, 4) is 0 Å². The van der Waals surface area contributed by atoms with Crippen molar-refractivity contribution in [1.82, 2.24) is 5.32 Å². The number of halogens is 7. The van der Waals surface area contributed by atoms with Gasteiger partial charge in [-0.05, 0) is 97.7 Å². The minimum Gasteiger partial charge on any atom is -0.346 e. The van der Waals surface area contributed by atoms with Crippen molar-refractivity contribution in [2.45, 2.75) is 84.6 Å². The number of unbranched alkanes of at least 4 members (excludes halogenated alkanes) is 2. The Morgan fingerprint density at radius 3 is 1.92 bits per heavy atom. The van der Waals surface area contributed by atoms with Gasteiger partial charge >= 0.3 is 12.4 Å². The second kappa shape index (κ2) is 12.6. The summed E-state index contributed by atoms with van der Waals surface area (Å²) in [5, 5.41) is 2.51. The molecule has 2 aromatic rings. The van der Waals surface area contributed by atoms with Crippen LogP contribution in [0.4, 0.5) is 30.7 Å². The van der Waals surface area contributed by atoms with Gasteiger partial charge in [0.25, 0.3) is 0 Å². The van der Waals surface area contributed by atoms with Crippen LogP contribution in [0.5, 0.6) is 0 Å². The van der Waals surface area contributed by atoms with E-state index < -0.39 is 46.8 Å². The molecular weight excluding hydrogens is 499 g/mol. The summed E-state index contributed by atoms with van der Waals surface area (Å²) in [7, 11) is 0. The molecule has 0 heterocycles. The van der Waals surface area contributed by atoms with Crippen LogP contribution in [-0.4, -0.2) is 5.91 Å². The van der Waals surface area contributed by atoms with Crippen LogP contribution in [0.2, 0.25) is 0 Å². The van der Waals surface area contributed by atoms with Crippen molar-refractivity contribution < 1.29 is 35.5 Å². The molecule has 2 aromatic carbocycles. The summed E-state index contributed by atoms with van der Waals surface area (Å²) in [5.41, 5.74) is -0.939. The standard InChI is InChI=1S/C28H32F7NO/c1-5-7-9-19-13-22(27(30,31)32)14-20(10-8-6-2)23(19)11-12-26(37)36-18(4)21-15-24(28(33,34)35)17(3)25(29)16-21/h11-16,18H,5-10H2,1-4H3,(H,36,37)/b12-11+/t18-/m1/s1. The van der Waals surface area contributed by atoms with E-state index in [9.17, 15) is 35.5 Å². The molecule has 2 rings (SSSR count). The first-order chi connectivity index (χ1) is 17.2. The molecule has 1 N–H and O–H groups in total. The molecule has 37 heavy (non-hydrogen) atoms. The number of hydrogen-bond acceptors (Lipinski definition) is 1. The molecule has 0 aromatic heterocycles. The average molecular weight is 532 g/mol. The Balaban J connectivity index is 2.38.